The van der Waals surface area contributed by atoms with Gasteiger partial charge in [-0.2, -0.15) is 0 Å². The molecule has 96 valence electrons. The topological polar surface area (TPSA) is 29.9 Å². The van der Waals surface area contributed by atoms with Crippen LogP contribution in [-0.2, 0) is 19.4 Å². The summed E-state index contributed by atoms with van der Waals surface area (Å²) in [5, 5.41) is 3.42. The van der Waals surface area contributed by atoms with Crippen molar-refractivity contribution in [3.05, 3.63) is 17.2 Å². The monoisotopic (exact) mass is 235 g/mol. The standard InChI is InChI=1S/C14H25N3/c1-5-6-14-16-12-9-15-8-7-13(12)17(14)11(4)10(2)3/h10-11,15H,5-9H2,1-4H3. The van der Waals surface area contributed by atoms with E-state index in [-0.39, 0.29) is 0 Å². The molecule has 2 heterocycles. The number of nitrogens with one attached hydrogen (secondary N) is 1. The quantitative estimate of drug-likeness (QED) is 0.869. The molecule has 3 nitrogen and oxygen atoms in total. The SMILES string of the molecule is CCCc1nc2c(n1C(C)C(C)C)CCNC2. The van der Waals surface area contributed by atoms with Crippen LogP contribution in [0.4, 0.5) is 0 Å². The Morgan fingerprint density at radius 1 is 1.35 bits per heavy atom. The molecule has 0 saturated carbocycles. The Balaban J connectivity index is 2.41. The third-order valence-corrected chi connectivity index (χ3v) is 3.84. The van der Waals surface area contributed by atoms with Crippen LogP contribution in [0.3, 0.4) is 0 Å². The van der Waals surface area contributed by atoms with Gasteiger partial charge in [0, 0.05) is 37.7 Å². The average Bonchev–Trinajstić information content (AvgIpc) is 2.66. The number of aromatic nitrogens is 2. The number of hydrogen-bond acceptors (Lipinski definition) is 2. The second-order valence-corrected chi connectivity index (χ2v) is 5.45. The van der Waals surface area contributed by atoms with Crippen LogP contribution >= 0.6 is 0 Å². The first-order valence-electron chi connectivity index (χ1n) is 6.94. The third kappa shape index (κ3) is 2.39. The summed E-state index contributed by atoms with van der Waals surface area (Å²) in [6.07, 6.45) is 3.40. The van der Waals surface area contributed by atoms with Crippen LogP contribution in [0.15, 0.2) is 0 Å². The van der Waals surface area contributed by atoms with E-state index >= 15 is 0 Å². The number of fused-ring (bicyclic) bond motifs is 1. The molecule has 1 aromatic heterocycles. The minimum Gasteiger partial charge on any atom is -0.329 e. The summed E-state index contributed by atoms with van der Waals surface area (Å²) in [5.74, 6) is 1.96. The van der Waals surface area contributed by atoms with E-state index in [0.29, 0.717) is 12.0 Å². The van der Waals surface area contributed by atoms with Crippen LogP contribution in [0.1, 0.15) is 57.4 Å². The smallest absolute Gasteiger partial charge is 0.109 e. The maximum atomic E-state index is 4.84. The molecule has 1 atom stereocenters. The number of imidazole rings is 1. The van der Waals surface area contributed by atoms with Gasteiger partial charge in [-0.15, -0.1) is 0 Å². The maximum Gasteiger partial charge on any atom is 0.109 e. The molecule has 1 unspecified atom stereocenters. The zero-order chi connectivity index (χ0) is 12.4. The van der Waals surface area contributed by atoms with E-state index in [4.69, 9.17) is 4.98 Å². The summed E-state index contributed by atoms with van der Waals surface area (Å²) in [6.45, 7) is 11.2. The van der Waals surface area contributed by atoms with Gasteiger partial charge in [0.2, 0.25) is 0 Å². The molecule has 0 spiro atoms. The zero-order valence-electron chi connectivity index (χ0n) is 11.6. The van der Waals surface area contributed by atoms with Gasteiger partial charge >= 0.3 is 0 Å². The fourth-order valence-electron chi connectivity index (χ4n) is 2.57. The van der Waals surface area contributed by atoms with Crippen molar-refractivity contribution in [1.82, 2.24) is 14.9 Å². The van der Waals surface area contributed by atoms with Crippen molar-refractivity contribution >= 4 is 0 Å². The Hall–Kier alpha value is -0.830. The van der Waals surface area contributed by atoms with Crippen LogP contribution < -0.4 is 5.32 Å². The molecular formula is C14H25N3. The van der Waals surface area contributed by atoms with E-state index in [0.717, 1.165) is 25.9 Å². The van der Waals surface area contributed by atoms with Crippen molar-refractivity contribution in [1.29, 1.82) is 0 Å². The largest absolute Gasteiger partial charge is 0.329 e. The van der Waals surface area contributed by atoms with E-state index in [9.17, 15) is 0 Å². The summed E-state index contributed by atoms with van der Waals surface area (Å²) in [6, 6.07) is 0.561. The first-order valence-corrected chi connectivity index (χ1v) is 6.94. The van der Waals surface area contributed by atoms with E-state index in [1.54, 1.807) is 0 Å². The zero-order valence-corrected chi connectivity index (χ0v) is 11.6. The molecular weight excluding hydrogens is 210 g/mol. The van der Waals surface area contributed by atoms with Gasteiger partial charge in [-0.1, -0.05) is 20.8 Å². The predicted molar refractivity (Wildman–Crippen MR) is 71.2 cm³/mol. The molecule has 0 saturated heterocycles. The lowest BCUT2D eigenvalue weighted by Crippen LogP contribution is -2.26. The Bertz CT molecular complexity index is 379. The molecule has 1 aliphatic heterocycles. The summed E-state index contributed by atoms with van der Waals surface area (Å²) < 4.78 is 2.52. The van der Waals surface area contributed by atoms with Crippen molar-refractivity contribution in [2.45, 2.75) is 59.5 Å². The van der Waals surface area contributed by atoms with E-state index in [1.165, 1.54) is 23.6 Å². The Labute approximate surface area is 105 Å². The number of rotatable bonds is 4. The molecule has 0 aromatic carbocycles. The minimum atomic E-state index is 0.561. The Morgan fingerprint density at radius 2 is 2.12 bits per heavy atom. The molecule has 1 aromatic rings. The van der Waals surface area contributed by atoms with Crippen molar-refractivity contribution in [2.75, 3.05) is 6.54 Å². The number of nitrogens with zero attached hydrogens (tertiary/aromatic N) is 2. The van der Waals surface area contributed by atoms with E-state index in [1.807, 2.05) is 0 Å². The fraction of sp³-hybridized carbons (Fsp3) is 0.786. The number of aryl methyl sites for hydroxylation is 1. The highest BCUT2D eigenvalue weighted by molar-refractivity contribution is 5.21. The molecule has 2 rings (SSSR count). The highest BCUT2D eigenvalue weighted by Crippen LogP contribution is 2.26. The Kier molecular flexibility index (Phi) is 3.87. The lowest BCUT2D eigenvalue weighted by Gasteiger charge is -2.24. The normalized spacial score (nSPS) is 17.2. The average molecular weight is 235 g/mol. The molecule has 1 aliphatic rings. The summed E-state index contributed by atoms with van der Waals surface area (Å²) in [4.78, 5) is 4.84. The highest BCUT2D eigenvalue weighted by Gasteiger charge is 2.23. The van der Waals surface area contributed by atoms with Gasteiger partial charge in [0.05, 0.1) is 5.69 Å². The Morgan fingerprint density at radius 3 is 2.76 bits per heavy atom. The summed E-state index contributed by atoms with van der Waals surface area (Å²) in [7, 11) is 0. The van der Waals surface area contributed by atoms with Gasteiger partial charge in [-0.25, -0.2) is 4.98 Å². The first kappa shape index (κ1) is 12.6. The fourth-order valence-corrected chi connectivity index (χ4v) is 2.57. The second kappa shape index (κ2) is 5.21. The molecule has 0 radical (unpaired) electrons. The molecule has 0 aliphatic carbocycles. The van der Waals surface area contributed by atoms with Crippen LogP contribution in [0.2, 0.25) is 0 Å². The molecule has 17 heavy (non-hydrogen) atoms. The van der Waals surface area contributed by atoms with Crippen LogP contribution in [-0.4, -0.2) is 16.1 Å². The lowest BCUT2D eigenvalue weighted by atomic mass is 10.0. The van der Waals surface area contributed by atoms with Crippen LogP contribution in [0.25, 0.3) is 0 Å². The molecule has 1 N–H and O–H groups in total. The summed E-state index contributed by atoms with van der Waals surface area (Å²) >= 11 is 0. The molecule has 0 fully saturated rings. The van der Waals surface area contributed by atoms with Gasteiger partial charge < -0.3 is 9.88 Å². The molecule has 0 amide bonds. The van der Waals surface area contributed by atoms with Gasteiger partial charge in [0.25, 0.3) is 0 Å². The van der Waals surface area contributed by atoms with Gasteiger partial charge in [0.1, 0.15) is 5.82 Å². The van der Waals surface area contributed by atoms with E-state index in [2.05, 4.69) is 37.6 Å². The highest BCUT2D eigenvalue weighted by atomic mass is 15.1. The van der Waals surface area contributed by atoms with Crippen molar-refractivity contribution in [3.63, 3.8) is 0 Å². The van der Waals surface area contributed by atoms with Crippen molar-refractivity contribution in [2.24, 2.45) is 5.92 Å². The van der Waals surface area contributed by atoms with E-state index < -0.39 is 0 Å². The second-order valence-electron chi connectivity index (χ2n) is 5.45. The van der Waals surface area contributed by atoms with Crippen molar-refractivity contribution in [3.8, 4) is 0 Å². The molecule has 0 bridgehead atoms. The maximum absolute atomic E-state index is 4.84. The van der Waals surface area contributed by atoms with Gasteiger partial charge in [-0.3, -0.25) is 0 Å². The van der Waals surface area contributed by atoms with Gasteiger partial charge in [-0.05, 0) is 19.3 Å². The lowest BCUT2D eigenvalue weighted by molar-refractivity contribution is 0.383. The summed E-state index contributed by atoms with van der Waals surface area (Å²) in [5.41, 5.74) is 2.76. The van der Waals surface area contributed by atoms with Crippen LogP contribution in [0.5, 0.6) is 0 Å². The number of hydrogen-bond donors (Lipinski definition) is 1. The van der Waals surface area contributed by atoms with Crippen molar-refractivity contribution < 1.29 is 0 Å². The van der Waals surface area contributed by atoms with Crippen LogP contribution in [0, 0.1) is 5.92 Å². The third-order valence-electron chi connectivity index (χ3n) is 3.84. The predicted octanol–water partition coefficient (Wildman–Crippen LogP) is 2.70. The minimum absolute atomic E-state index is 0.561. The van der Waals surface area contributed by atoms with Gasteiger partial charge in [0.15, 0.2) is 0 Å². The molecule has 3 heteroatoms. The first-order chi connectivity index (χ1) is 8.15.